The van der Waals surface area contributed by atoms with E-state index in [-0.39, 0.29) is 6.10 Å². The predicted molar refractivity (Wildman–Crippen MR) is 100.0 cm³/mol. The highest BCUT2D eigenvalue weighted by Gasteiger charge is 2.43. The molecule has 2 aliphatic rings. The quantitative estimate of drug-likeness (QED) is 0.749. The third-order valence-electron chi connectivity index (χ3n) is 4.87. The Morgan fingerprint density at radius 2 is 2.00 bits per heavy atom. The molecule has 1 N–H and O–H groups in total. The maximum atomic E-state index is 10.6. The third kappa shape index (κ3) is 6.09. The van der Waals surface area contributed by atoms with Crippen LogP contribution in [0.3, 0.4) is 0 Å². The van der Waals surface area contributed by atoms with Crippen molar-refractivity contribution in [2.75, 3.05) is 19.8 Å². The minimum absolute atomic E-state index is 0.243. The molecule has 3 unspecified atom stereocenters. The molecule has 8 nitrogen and oxygen atoms in total. The lowest BCUT2D eigenvalue weighted by Gasteiger charge is -2.38. The number of halogens is 3. The number of nitrogens with zero attached hydrogens (tertiary/aromatic N) is 4. The highest BCUT2D eigenvalue weighted by atomic mass is 32.1. The van der Waals surface area contributed by atoms with Crippen LogP contribution in [0, 0.1) is 5.92 Å². The second-order valence-electron chi connectivity index (χ2n) is 6.78. The maximum Gasteiger partial charge on any atom is 0.490 e. The number of fused-ring (bicyclic) bond motifs is 1. The van der Waals surface area contributed by atoms with Crippen molar-refractivity contribution in [1.82, 2.24) is 19.9 Å². The Bertz CT molecular complexity index is 794. The number of aliphatic carboxylic acids is 1. The van der Waals surface area contributed by atoms with Gasteiger partial charge >= 0.3 is 18.2 Å². The minimum Gasteiger partial charge on any atom is -0.475 e. The monoisotopic (exact) mass is 446 g/mol. The molecule has 1 saturated heterocycles. The first-order valence-corrected chi connectivity index (χ1v) is 10.2. The minimum atomic E-state index is -5.08. The number of rotatable bonds is 5. The van der Waals surface area contributed by atoms with E-state index in [2.05, 4.69) is 19.9 Å². The summed E-state index contributed by atoms with van der Waals surface area (Å²) in [6.07, 6.45) is 2.71. The molecule has 1 saturated carbocycles. The first-order chi connectivity index (χ1) is 14.3. The number of thiazole rings is 1. The summed E-state index contributed by atoms with van der Waals surface area (Å²) in [5.74, 6) is -2.35. The zero-order valence-electron chi connectivity index (χ0n) is 15.9. The highest BCUT2D eigenvalue weighted by Crippen LogP contribution is 2.35. The Morgan fingerprint density at radius 3 is 2.63 bits per heavy atom. The molecule has 1 aliphatic carbocycles. The number of carboxylic acid groups (broad SMARTS) is 1. The van der Waals surface area contributed by atoms with Crippen LogP contribution in [0.15, 0.2) is 30.0 Å². The van der Waals surface area contributed by atoms with E-state index in [1.54, 1.807) is 29.8 Å². The molecule has 0 spiro atoms. The van der Waals surface area contributed by atoms with Crippen LogP contribution in [0.25, 0.3) is 0 Å². The summed E-state index contributed by atoms with van der Waals surface area (Å²) >= 11 is 1.72. The van der Waals surface area contributed by atoms with Gasteiger partial charge in [0.25, 0.3) is 0 Å². The van der Waals surface area contributed by atoms with Gasteiger partial charge < -0.3 is 14.6 Å². The summed E-state index contributed by atoms with van der Waals surface area (Å²) in [5.41, 5.74) is 0. The highest BCUT2D eigenvalue weighted by molar-refractivity contribution is 7.09. The van der Waals surface area contributed by atoms with Gasteiger partial charge in [-0.15, -0.1) is 11.3 Å². The fourth-order valence-electron chi connectivity index (χ4n) is 3.56. The van der Waals surface area contributed by atoms with E-state index in [0.29, 0.717) is 24.6 Å². The van der Waals surface area contributed by atoms with Gasteiger partial charge in [0, 0.05) is 42.5 Å². The maximum absolute atomic E-state index is 10.6. The fourth-order valence-corrected chi connectivity index (χ4v) is 4.20. The summed E-state index contributed by atoms with van der Waals surface area (Å²) in [5, 5.41) is 10.3. The van der Waals surface area contributed by atoms with Crippen molar-refractivity contribution in [3.63, 3.8) is 0 Å². The fraction of sp³-hybridized carbons (Fsp3) is 0.556. The number of carboxylic acids is 1. The van der Waals surface area contributed by atoms with E-state index in [4.69, 9.17) is 19.4 Å². The standard InChI is InChI=1S/C16H20N4O2S.C2HF3O2/c1-4-18-16(19-5-1)22-11-12-2-3-13-15(12)21-8-7-20(13)10-14-17-6-9-23-14;3-2(4,5)1(6)7/h1,4-6,9,12-13,15H,2-3,7-8,10-11H2;(H,6,7). The average Bonchev–Trinajstić information content (AvgIpc) is 3.37. The Balaban J connectivity index is 0.000000318. The first kappa shape index (κ1) is 22.4. The van der Waals surface area contributed by atoms with Crippen LogP contribution < -0.4 is 4.74 Å². The van der Waals surface area contributed by atoms with E-state index >= 15 is 0 Å². The number of alkyl halides is 3. The molecule has 1 aliphatic heterocycles. The van der Waals surface area contributed by atoms with Crippen molar-refractivity contribution < 1.29 is 32.5 Å². The largest absolute Gasteiger partial charge is 0.490 e. The molecule has 4 rings (SSSR count). The van der Waals surface area contributed by atoms with E-state index < -0.39 is 12.1 Å². The number of hydrogen-bond donors (Lipinski definition) is 1. The van der Waals surface area contributed by atoms with Gasteiger partial charge in [0.2, 0.25) is 0 Å². The Hall–Kier alpha value is -2.31. The Kier molecular flexibility index (Phi) is 7.56. The molecule has 30 heavy (non-hydrogen) atoms. The normalized spacial score (nSPS) is 23.9. The number of morpholine rings is 1. The van der Waals surface area contributed by atoms with Gasteiger partial charge in [-0.2, -0.15) is 13.2 Å². The molecule has 0 radical (unpaired) electrons. The predicted octanol–water partition coefficient (Wildman–Crippen LogP) is 2.62. The van der Waals surface area contributed by atoms with Gasteiger partial charge in [0.15, 0.2) is 0 Å². The van der Waals surface area contributed by atoms with Crippen molar-refractivity contribution in [3.8, 4) is 6.01 Å². The second kappa shape index (κ2) is 10.1. The number of carbonyl (C=O) groups is 1. The Morgan fingerprint density at radius 1 is 1.27 bits per heavy atom. The van der Waals surface area contributed by atoms with Crippen LogP contribution in [-0.2, 0) is 16.1 Å². The smallest absolute Gasteiger partial charge is 0.475 e. The van der Waals surface area contributed by atoms with E-state index in [1.807, 2.05) is 11.6 Å². The molecule has 2 aromatic heterocycles. The van der Waals surface area contributed by atoms with Crippen LogP contribution in [0.4, 0.5) is 13.2 Å². The summed E-state index contributed by atoms with van der Waals surface area (Å²) in [7, 11) is 0. The topological polar surface area (TPSA) is 97.7 Å². The summed E-state index contributed by atoms with van der Waals surface area (Å²) in [6.45, 7) is 3.31. The third-order valence-corrected chi connectivity index (χ3v) is 5.63. The van der Waals surface area contributed by atoms with Crippen molar-refractivity contribution in [2.24, 2.45) is 5.92 Å². The number of hydrogen-bond acceptors (Lipinski definition) is 8. The zero-order valence-corrected chi connectivity index (χ0v) is 16.7. The molecule has 0 aromatic carbocycles. The molecule has 0 bridgehead atoms. The first-order valence-electron chi connectivity index (χ1n) is 9.28. The van der Waals surface area contributed by atoms with Gasteiger partial charge in [-0.3, -0.25) is 4.90 Å². The van der Waals surface area contributed by atoms with Gasteiger partial charge in [-0.1, -0.05) is 0 Å². The van der Waals surface area contributed by atoms with Crippen LogP contribution in [0.2, 0.25) is 0 Å². The van der Waals surface area contributed by atoms with E-state index in [9.17, 15) is 13.2 Å². The SMILES string of the molecule is O=C(O)C(F)(F)F.c1cnc(OCC2CCC3C2OCCN3Cc2nccs2)nc1. The number of aromatic nitrogens is 3. The summed E-state index contributed by atoms with van der Waals surface area (Å²) < 4.78 is 43.6. The molecule has 2 aromatic rings. The van der Waals surface area contributed by atoms with E-state index in [0.717, 1.165) is 32.5 Å². The van der Waals surface area contributed by atoms with Gasteiger partial charge in [0.05, 0.1) is 25.9 Å². The molecular formula is C18H21F3N4O4S. The molecular weight excluding hydrogens is 425 g/mol. The summed E-state index contributed by atoms with van der Waals surface area (Å²) in [4.78, 5) is 24.1. The molecule has 0 amide bonds. The van der Waals surface area contributed by atoms with Gasteiger partial charge in [-0.25, -0.2) is 19.7 Å². The summed E-state index contributed by atoms with van der Waals surface area (Å²) in [6, 6.07) is 2.71. The van der Waals surface area contributed by atoms with Crippen LogP contribution in [0.1, 0.15) is 17.8 Å². The zero-order chi connectivity index (χ0) is 21.6. The molecule has 3 heterocycles. The lowest BCUT2D eigenvalue weighted by atomic mass is 10.0. The average molecular weight is 446 g/mol. The van der Waals surface area contributed by atoms with Crippen molar-refractivity contribution in [2.45, 2.75) is 37.7 Å². The molecule has 12 heteroatoms. The number of ether oxygens (including phenoxy) is 2. The van der Waals surface area contributed by atoms with Gasteiger partial charge in [0.1, 0.15) is 5.01 Å². The molecule has 164 valence electrons. The van der Waals surface area contributed by atoms with Crippen LogP contribution in [-0.4, -0.2) is 69.0 Å². The van der Waals surface area contributed by atoms with E-state index in [1.165, 1.54) is 5.01 Å². The van der Waals surface area contributed by atoms with Crippen molar-refractivity contribution in [1.29, 1.82) is 0 Å². The Labute approximate surface area is 174 Å². The molecule has 2 fully saturated rings. The van der Waals surface area contributed by atoms with Gasteiger partial charge in [-0.05, 0) is 18.9 Å². The van der Waals surface area contributed by atoms with Crippen LogP contribution >= 0.6 is 11.3 Å². The van der Waals surface area contributed by atoms with Crippen molar-refractivity contribution >= 4 is 17.3 Å². The lowest BCUT2D eigenvalue weighted by Crippen LogP contribution is -2.50. The second-order valence-corrected chi connectivity index (χ2v) is 7.76. The lowest BCUT2D eigenvalue weighted by molar-refractivity contribution is -0.192. The van der Waals surface area contributed by atoms with Crippen LogP contribution in [0.5, 0.6) is 6.01 Å². The molecule has 3 atom stereocenters. The van der Waals surface area contributed by atoms with Crippen molar-refractivity contribution in [3.05, 3.63) is 35.0 Å².